The van der Waals surface area contributed by atoms with Gasteiger partial charge in [-0.1, -0.05) is 55.6 Å². The number of nitrogens with one attached hydrogen (secondary N) is 2. The van der Waals surface area contributed by atoms with Crippen molar-refractivity contribution in [3.05, 3.63) is 97.1 Å². The molecule has 3 aromatic rings. The lowest BCUT2D eigenvalue weighted by molar-refractivity contribution is -0.120. The Kier molecular flexibility index (Phi) is 7.59. The lowest BCUT2D eigenvalue weighted by Crippen LogP contribution is -2.44. The number of nitrogens with zero attached hydrogens (tertiary/aromatic N) is 3. The predicted molar refractivity (Wildman–Crippen MR) is 154 cm³/mol. The van der Waals surface area contributed by atoms with E-state index in [-0.39, 0.29) is 17.7 Å². The largest absolute Gasteiger partial charge is 0.332 e. The number of aryl methyl sites for hydroxylation is 2. The summed E-state index contributed by atoms with van der Waals surface area (Å²) in [4.78, 5) is 20.9. The number of rotatable bonds is 11. The number of aromatic amines is 1. The van der Waals surface area contributed by atoms with Crippen LogP contribution in [0.25, 0.3) is 11.1 Å². The van der Waals surface area contributed by atoms with Gasteiger partial charge in [0.05, 0.1) is 11.6 Å². The molecule has 2 aliphatic rings. The first-order valence-electron chi connectivity index (χ1n) is 13.5. The SMILES string of the molecule is C=CN=C(C(C(=O)Nc1ccc(-c2c(C)n[nH]c2C)cc1)C(C1CC1)C1CC1)N(C=C)Cc1ccccc1. The van der Waals surface area contributed by atoms with Gasteiger partial charge in [0.1, 0.15) is 5.84 Å². The van der Waals surface area contributed by atoms with Crippen LogP contribution in [0.1, 0.15) is 42.6 Å². The fourth-order valence-electron chi connectivity index (χ4n) is 5.72. The molecule has 1 heterocycles. The molecule has 38 heavy (non-hydrogen) atoms. The van der Waals surface area contributed by atoms with Crippen LogP contribution in [-0.2, 0) is 11.3 Å². The van der Waals surface area contributed by atoms with E-state index in [1.165, 1.54) is 25.7 Å². The number of amidine groups is 1. The minimum atomic E-state index is -0.382. The van der Waals surface area contributed by atoms with Gasteiger partial charge in [-0.15, -0.1) is 0 Å². The van der Waals surface area contributed by atoms with E-state index in [0.29, 0.717) is 18.4 Å². The average molecular weight is 508 g/mol. The summed E-state index contributed by atoms with van der Waals surface area (Å²) >= 11 is 0. The van der Waals surface area contributed by atoms with Crippen LogP contribution >= 0.6 is 0 Å². The van der Waals surface area contributed by atoms with Crippen molar-refractivity contribution in [1.29, 1.82) is 0 Å². The number of hydrogen-bond acceptors (Lipinski definition) is 3. The monoisotopic (exact) mass is 507 g/mol. The Labute approximate surface area is 225 Å². The van der Waals surface area contributed by atoms with Crippen molar-refractivity contribution >= 4 is 17.4 Å². The molecule has 0 radical (unpaired) electrons. The molecular weight excluding hydrogens is 470 g/mol. The maximum Gasteiger partial charge on any atom is 0.235 e. The number of H-pyrrole nitrogens is 1. The Morgan fingerprint density at radius 1 is 1.08 bits per heavy atom. The first-order chi connectivity index (χ1) is 18.5. The molecular formula is C32H37N5O. The normalized spacial score (nSPS) is 16.2. The van der Waals surface area contributed by atoms with Gasteiger partial charge in [-0.2, -0.15) is 5.10 Å². The van der Waals surface area contributed by atoms with Gasteiger partial charge < -0.3 is 10.2 Å². The minimum absolute atomic E-state index is 0.0160. The summed E-state index contributed by atoms with van der Waals surface area (Å²) in [7, 11) is 0. The highest BCUT2D eigenvalue weighted by Gasteiger charge is 2.50. The third-order valence-corrected chi connectivity index (χ3v) is 7.78. The zero-order valence-corrected chi connectivity index (χ0v) is 22.4. The molecule has 6 nitrogen and oxygen atoms in total. The molecule has 6 heteroatoms. The Balaban J connectivity index is 1.44. The molecule has 2 fully saturated rings. The molecule has 196 valence electrons. The smallest absolute Gasteiger partial charge is 0.235 e. The van der Waals surface area contributed by atoms with Crippen LogP contribution < -0.4 is 5.32 Å². The van der Waals surface area contributed by atoms with Crippen molar-refractivity contribution in [3.63, 3.8) is 0 Å². The van der Waals surface area contributed by atoms with E-state index in [1.54, 1.807) is 12.4 Å². The fourth-order valence-corrected chi connectivity index (χ4v) is 5.72. The molecule has 1 amide bonds. The number of hydrogen-bond donors (Lipinski definition) is 2. The number of carbonyl (C=O) groups excluding carboxylic acids is 1. The summed E-state index contributed by atoms with van der Waals surface area (Å²) in [5.41, 5.74) is 6.09. The second-order valence-corrected chi connectivity index (χ2v) is 10.6. The summed E-state index contributed by atoms with van der Waals surface area (Å²) in [6.45, 7) is 12.6. The number of carbonyl (C=O) groups is 1. The number of anilines is 1. The lowest BCUT2D eigenvalue weighted by atomic mass is 9.81. The first kappa shape index (κ1) is 25.7. The van der Waals surface area contributed by atoms with E-state index >= 15 is 0 Å². The summed E-state index contributed by atoms with van der Waals surface area (Å²) < 4.78 is 0. The van der Waals surface area contributed by atoms with Gasteiger partial charge in [0.2, 0.25) is 5.91 Å². The highest BCUT2D eigenvalue weighted by Crippen LogP contribution is 2.53. The molecule has 2 N–H and O–H groups in total. The van der Waals surface area contributed by atoms with Crippen molar-refractivity contribution < 1.29 is 4.79 Å². The zero-order chi connectivity index (χ0) is 26.6. The van der Waals surface area contributed by atoms with Crippen LogP contribution in [0, 0.1) is 37.5 Å². The standard InChI is InChI=1S/C32H37N5O/c1-5-33-31(37(6-2)20-23-10-8-7-9-11-23)30(29(25-12-13-25)26-14-15-26)32(38)34-27-18-16-24(17-19-27)28-21(3)35-36-22(28)4/h5-11,16-19,25-26,29-30H,1-2,12-15,20H2,3-4H3,(H,34,38)(H,35,36). The average Bonchev–Trinajstić information content (AvgIpc) is 3.86. The second kappa shape index (κ2) is 11.2. The number of aromatic nitrogens is 2. The molecule has 1 unspecified atom stereocenters. The van der Waals surface area contributed by atoms with E-state index < -0.39 is 0 Å². The highest BCUT2D eigenvalue weighted by molar-refractivity contribution is 6.09. The van der Waals surface area contributed by atoms with Crippen molar-refractivity contribution in [3.8, 4) is 11.1 Å². The van der Waals surface area contributed by atoms with Crippen molar-refractivity contribution in [2.45, 2.75) is 46.1 Å². The Bertz CT molecular complexity index is 1280. The van der Waals surface area contributed by atoms with Crippen LogP contribution in [0.15, 0.2) is 85.1 Å². The lowest BCUT2D eigenvalue weighted by Gasteiger charge is -2.33. The molecule has 0 aliphatic heterocycles. The zero-order valence-electron chi connectivity index (χ0n) is 22.4. The second-order valence-electron chi connectivity index (χ2n) is 10.6. The number of benzene rings is 2. The fraction of sp³-hybridized carbons (Fsp3) is 0.344. The molecule has 5 rings (SSSR count). The van der Waals surface area contributed by atoms with E-state index in [4.69, 9.17) is 4.99 Å². The van der Waals surface area contributed by atoms with Gasteiger partial charge in [0.25, 0.3) is 0 Å². The minimum Gasteiger partial charge on any atom is -0.332 e. The Hall–Kier alpha value is -3.93. The molecule has 0 bridgehead atoms. The van der Waals surface area contributed by atoms with Crippen LogP contribution in [0.3, 0.4) is 0 Å². The van der Waals surface area contributed by atoms with E-state index in [9.17, 15) is 4.79 Å². The summed E-state index contributed by atoms with van der Waals surface area (Å²) in [6.07, 6.45) is 8.05. The maximum absolute atomic E-state index is 14.1. The third-order valence-electron chi connectivity index (χ3n) is 7.78. The van der Waals surface area contributed by atoms with Crippen molar-refractivity contribution in [2.75, 3.05) is 5.32 Å². The summed E-state index contributed by atoms with van der Waals surface area (Å²) in [5.74, 6) is 1.71. The first-order valence-corrected chi connectivity index (χ1v) is 13.5. The quantitative estimate of drug-likeness (QED) is 0.220. The van der Waals surface area contributed by atoms with E-state index in [0.717, 1.165) is 39.6 Å². The maximum atomic E-state index is 14.1. The van der Waals surface area contributed by atoms with Crippen LogP contribution in [0.2, 0.25) is 0 Å². The van der Waals surface area contributed by atoms with Gasteiger partial charge >= 0.3 is 0 Å². The summed E-state index contributed by atoms with van der Waals surface area (Å²) in [5, 5.41) is 10.6. The van der Waals surface area contributed by atoms with Gasteiger partial charge in [-0.25, -0.2) is 4.99 Å². The van der Waals surface area contributed by atoms with Crippen LogP contribution in [-0.4, -0.2) is 26.8 Å². The Morgan fingerprint density at radius 2 is 1.74 bits per heavy atom. The molecule has 2 aromatic carbocycles. The van der Waals surface area contributed by atoms with E-state index in [2.05, 4.69) is 40.8 Å². The summed E-state index contributed by atoms with van der Waals surface area (Å²) in [6, 6.07) is 18.3. The molecule has 1 aromatic heterocycles. The number of aliphatic imine (C=N–C) groups is 1. The van der Waals surface area contributed by atoms with Gasteiger partial charge in [0.15, 0.2) is 0 Å². The van der Waals surface area contributed by atoms with Gasteiger partial charge in [0, 0.05) is 29.7 Å². The van der Waals surface area contributed by atoms with Crippen LogP contribution in [0.5, 0.6) is 0 Å². The third kappa shape index (κ3) is 5.64. The molecule has 2 saturated carbocycles. The predicted octanol–water partition coefficient (Wildman–Crippen LogP) is 6.87. The molecule has 2 aliphatic carbocycles. The van der Waals surface area contributed by atoms with Crippen molar-refractivity contribution in [1.82, 2.24) is 15.1 Å². The topological polar surface area (TPSA) is 73.4 Å². The highest BCUT2D eigenvalue weighted by atomic mass is 16.2. The van der Waals surface area contributed by atoms with Gasteiger partial charge in [-0.3, -0.25) is 9.89 Å². The van der Waals surface area contributed by atoms with Gasteiger partial charge in [-0.05, 0) is 86.7 Å². The Morgan fingerprint density at radius 3 is 2.26 bits per heavy atom. The molecule has 1 atom stereocenters. The number of amides is 1. The van der Waals surface area contributed by atoms with E-state index in [1.807, 2.05) is 61.2 Å². The molecule has 0 saturated heterocycles. The van der Waals surface area contributed by atoms with Crippen LogP contribution in [0.4, 0.5) is 5.69 Å². The molecule has 0 spiro atoms. The van der Waals surface area contributed by atoms with Crippen molar-refractivity contribution in [2.24, 2.45) is 28.7 Å².